The van der Waals surface area contributed by atoms with Crippen LogP contribution in [0.2, 0.25) is 0 Å². The van der Waals surface area contributed by atoms with Crippen LogP contribution in [0.1, 0.15) is 39.5 Å². The van der Waals surface area contributed by atoms with E-state index in [1.807, 2.05) is 0 Å². The second-order valence-electron chi connectivity index (χ2n) is 5.28. The number of hydrogen-bond acceptors (Lipinski definition) is 1. The average molecular weight is 167 g/mol. The molecule has 0 heterocycles. The molecule has 0 aromatic carbocycles. The Morgan fingerprint density at radius 2 is 1.83 bits per heavy atom. The first-order valence-corrected chi connectivity index (χ1v) is 5.27. The van der Waals surface area contributed by atoms with Gasteiger partial charge in [0.2, 0.25) is 0 Å². The lowest BCUT2D eigenvalue weighted by molar-refractivity contribution is 0.127. The number of hydrogen-bond donors (Lipinski definition) is 1. The zero-order chi connectivity index (χ0) is 8.82. The monoisotopic (exact) mass is 167 g/mol. The number of rotatable bonds is 2. The fraction of sp³-hybridized carbons (Fsp3) is 1.00. The Morgan fingerprint density at radius 3 is 2.17 bits per heavy atom. The zero-order valence-electron chi connectivity index (χ0n) is 8.61. The molecule has 2 aliphatic rings. The van der Waals surface area contributed by atoms with Crippen LogP contribution in [0.4, 0.5) is 0 Å². The minimum Gasteiger partial charge on any atom is -0.319 e. The summed E-state index contributed by atoms with van der Waals surface area (Å²) in [6.45, 7) is 6.21. The van der Waals surface area contributed by atoms with Gasteiger partial charge in [0.25, 0.3) is 0 Å². The predicted molar refractivity (Wildman–Crippen MR) is 52.1 cm³/mol. The van der Waals surface area contributed by atoms with Crippen molar-refractivity contribution in [2.75, 3.05) is 13.6 Å². The molecule has 2 fully saturated rings. The molecule has 0 spiro atoms. The molecular weight excluding hydrogens is 146 g/mol. The van der Waals surface area contributed by atoms with E-state index >= 15 is 0 Å². The fourth-order valence-corrected chi connectivity index (χ4v) is 3.68. The van der Waals surface area contributed by atoms with E-state index in [-0.39, 0.29) is 0 Å². The zero-order valence-corrected chi connectivity index (χ0v) is 8.61. The van der Waals surface area contributed by atoms with E-state index in [1.165, 1.54) is 32.2 Å². The van der Waals surface area contributed by atoms with Gasteiger partial charge in [-0.15, -0.1) is 0 Å². The van der Waals surface area contributed by atoms with Crippen LogP contribution in [0.5, 0.6) is 0 Å². The Hall–Kier alpha value is -0.0400. The third-order valence-electron chi connectivity index (χ3n) is 4.91. The van der Waals surface area contributed by atoms with Crippen molar-refractivity contribution in [2.45, 2.75) is 39.5 Å². The van der Waals surface area contributed by atoms with Gasteiger partial charge in [-0.2, -0.15) is 0 Å². The Kier molecular flexibility index (Phi) is 1.76. The maximum Gasteiger partial charge on any atom is 0.00100 e. The van der Waals surface area contributed by atoms with Crippen LogP contribution in [0.25, 0.3) is 0 Å². The molecule has 0 radical (unpaired) electrons. The first kappa shape index (κ1) is 8.55. The highest BCUT2D eigenvalue weighted by Gasteiger charge is 2.57. The Bertz CT molecular complexity index is 179. The van der Waals surface area contributed by atoms with E-state index in [0.29, 0.717) is 10.8 Å². The van der Waals surface area contributed by atoms with Crippen molar-refractivity contribution >= 4 is 0 Å². The van der Waals surface area contributed by atoms with Gasteiger partial charge >= 0.3 is 0 Å². The van der Waals surface area contributed by atoms with E-state index in [2.05, 4.69) is 26.2 Å². The van der Waals surface area contributed by atoms with Crippen molar-refractivity contribution < 1.29 is 0 Å². The maximum atomic E-state index is 3.38. The molecule has 2 saturated carbocycles. The van der Waals surface area contributed by atoms with E-state index in [0.717, 1.165) is 5.92 Å². The highest BCUT2D eigenvalue weighted by Crippen LogP contribution is 2.65. The van der Waals surface area contributed by atoms with Crippen molar-refractivity contribution in [3.8, 4) is 0 Å². The smallest absolute Gasteiger partial charge is 0.00100 e. The second-order valence-corrected chi connectivity index (χ2v) is 5.28. The summed E-state index contributed by atoms with van der Waals surface area (Å²) < 4.78 is 0. The van der Waals surface area contributed by atoms with E-state index in [9.17, 15) is 0 Å². The molecule has 1 heteroatoms. The molecule has 0 saturated heterocycles. The van der Waals surface area contributed by atoms with Crippen LogP contribution in [-0.4, -0.2) is 13.6 Å². The van der Waals surface area contributed by atoms with Gasteiger partial charge in [0.15, 0.2) is 0 Å². The third-order valence-corrected chi connectivity index (χ3v) is 4.91. The van der Waals surface area contributed by atoms with Crippen LogP contribution >= 0.6 is 0 Å². The van der Waals surface area contributed by atoms with Crippen LogP contribution in [0.15, 0.2) is 0 Å². The lowest BCUT2D eigenvalue weighted by Crippen LogP contribution is -2.39. The average Bonchev–Trinajstić information content (AvgIpc) is 2.39. The van der Waals surface area contributed by atoms with Crippen LogP contribution < -0.4 is 5.32 Å². The molecule has 70 valence electrons. The molecule has 1 atom stereocenters. The van der Waals surface area contributed by atoms with E-state index in [1.54, 1.807) is 0 Å². The fourth-order valence-electron chi connectivity index (χ4n) is 3.68. The molecule has 12 heavy (non-hydrogen) atoms. The third kappa shape index (κ3) is 0.834. The normalized spacial score (nSPS) is 51.8. The van der Waals surface area contributed by atoms with E-state index in [4.69, 9.17) is 0 Å². The summed E-state index contributed by atoms with van der Waals surface area (Å²) in [4.78, 5) is 0. The van der Waals surface area contributed by atoms with Gasteiger partial charge in [-0.1, -0.05) is 13.8 Å². The minimum absolute atomic E-state index is 0.599. The number of nitrogens with one attached hydrogen (secondary N) is 1. The summed E-state index contributed by atoms with van der Waals surface area (Å²) >= 11 is 0. The molecule has 1 nitrogen and oxygen atoms in total. The minimum atomic E-state index is 0.599. The van der Waals surface area contributed by atoms with Crippen molar-refractivity contribution in [2.24, 2.45) is 16.7 Å². The molecular formula is C11H21N. The van der Waals surface area contributed by atoms with Gasteiger partial charge in [0.05, 0.1) is 0 Å². The Balaban J connectivity index is 2.24. The maximum absolute atomic E-state index is 3.38. The van der Waals surface area contributed by atoms with Gasteiger partial charge < -0.3 is 5.32 Å². The largest absolute Gasteiger partial charge is 0.319 e. The van der Waals surface area contributed by atoms with Crippen LogP contribution in [0.3, 0.4) is 0 Å². The highest BCUT2D eigenvalue weighted by molar-refractivity contribution is 5.08. The summed E-state index contributed by atoms with van der Waals surface area (Å²) in [5.41, 5.74) is 1.25. The topological polar surface area (TPSA) is 12.0 Å². The molecule has 2 bridgehead atoms. The molecule has 2 rings (SSSR count). The van der Waals surface area contributed by atoms with Crippen LogP contribution in [0, 0.1) is 16.7 Å². The van der Waals surface area contributed by atoms with Crippen LogP contribution in [-0.2, 0) is 0 Å². The molecule has 0 aromatic heterocycles. The molecule has 0 aromatic rings. The highest BCUT2D eigenvalue weighted by atomic mass is 14.9. The van der Waals surface area contributed by atoms with Crippen molar-refractivity contribution in [1.29, 1.82) is 0 Å². The lowest BCUT2D eigenvalue weighted by atomic mass is 9.69. The predicted octanol–water partition coefficient (Wildman–Crippen LogP) is 2.42. The first-order chi connectivity index (χ1) is 5.62. The van der Waals surface area contributed by atoms with Crippen molar-refractivity contribution in [1.82, 2.24) is 5.32 Å². The Morgan fingerprint density at radius 1 is 1.25 bits per heavy atom. The quantitative estimate of drug-likeness (QED) is 0.666. The van der Waals surface area contributed by atoms with Gasteiger partial charge in [-0.3, -0.25) is 0 Å². The Labute approximate surface area is 75.9 Å². The summed E-state index contributed by atoms with van der Waals surface area (Å²) in [7, 11) is 2.09. The molecule has 1 unspecified atom stereocenters. The van der Waals surface area contributed by atoms with Crippen molar-refractivity contribution in [3.05, 3.63) is 0 Å². The summed E-state index contributed by atoms with van der Waals surface area (Å²) in [6, 6.07) is 0. The summed E-state index contributed by atoms with van der Waals surface area (Å²) in [5, 5.41) is 3.38. The molecule has 1 N–H and O–H groups in total. The first-order valence-electron chi connectivity index (χ1n) is 5.27. The van der Waals surface area contributed by atoms with Gasteiger partial charge in [-0.25, -0.2) is 0 Å². The summed E-state index contributed by atoms with van der Waals surface area (Å²) in [6.07, 6.45) is 5.90. The van der Waals surface area contributed by atoms with Gasteiger partial charge in [-0.05, 0) is 49.5 Å². The molecule has 0 aliphatic heterocycles. The molecule has 2 aliphatic carbocycles. The molecule has 0 amide bonds. The standard InChI is InChI=1S/C11H21N/c1-10-6-4-9(5-7-10)11(10,2)8-12-3/h9,12H,4-8H2,1-3H3. The van der Waals surface area contributed by atoms with Gasteiger partial charge in [0.1, 0.15) is 0 Å². The van der Waals surface area contributed by atoms with Crippen molar-refractivity contribution in [3.63, 3.8) is 0 Å². The number of fused-ring (bicyclic) bond motifs is 2. The SMILES string of the molecule is CNCC1(C)C2CCC1(C)CC2. The second kappa shape index (κ2) is 2.47. The van der Waals surface area contributed by atoms with E-state index < -0.39 is 0 Å². The lowest BCUT2D eigenvalue weighted by Gasteiger charge is -2.38. The summed E-state index contributed by atoms with van der Waals surface area (Å²) in [5.74, 6) is 1.01. The van der Waals surface area contributed by atoms with Gasteiger partial charge in [0, 0.05) is 6.54 Å².